The van der Waals surface area contributed by atoms with Crippen LogP contribution in [0.5, 0.6) is 0 Å². The number of aliphatic imine (C=N–C) groups is 1. The zero-order chi connectivity index (χ0) is 70.8. The molecule has 0 radical (unpaired) electrons. The van der Waals surface area contributed by atoms with Crippen LogP contribution in [-0.4, -0.2) is 184 Å². The third kappa shape index (κ3) is 22.5. The quantitative estimate of drug-likeness (QED) is 0.0127. The van der Waals surface area contributed by atoms with Crippen molar-refractivity contribution in [2.75, 3.05) is 32.8 Å². The number of carbonyl (C=O) groups is 12. The third-order valence-corrected chi connectivity index (χ3v) is 16.9. The number of likely N-dealkylation sites (tertiary alicyclic amines) is 2. The van der Waals surface area contributed by atoms with Crippen molar-refractivity contribution in [3.8, 4) is 0 Å². The number of primary amides is 2. The van der Waals surface area contributed by atoms with Crippen molar-refractivity contribution in [1.29, 1.82) is 0 Å². The summed E-state index contributed by atoms with van der Waals surface area (Å²) in [5, 5.41) is 32.8. The van der Waals surface area contributed by atoms with Crippen LogP contribution in [0.2, 0.25) is 0 Å². The largest absolute Gasteiger partial charge is 0.394 e. The fourth-order valence-electron chi connectivity index (χ4n) is 12.0. The van der Waals surface area contributed by atoms with Gasteiger partial charge in [0.25, 0.3) is 0 Å². The van der Waals surface area contributed by atoms with Crippen LogP contribution in [0.3, 0.4) is 0 Å². The van der Waals surface area contributed by atoms with E-state index in [-0.39, 0.29) is 89.3 Å². The van der Waals surface area contributed by atoms with Crippen molar-refractivity contribution >= 4 is 87.7 Å². The Hall–Kier alpha value is -10.7. The van der Waals surface area contributed by atoms with Gasteiger partial charge >= 0.3 is 0 Å². The second-order valence-electron chi connectivity index (χ2n) is 24.9. The number of amides is 12. The molecule has 12 amide bonds. The van der Waals surface area contributed by atoms with Gasteiger partial charge in [-0.1, -0.05) is 123 Å². The molecule has 18 N–H and O–H groups in total. The van der Waals surface area contributed by atoms with Gasteiger partial charge in [-0.25, -0.2) is 0 Å². The first-order valence-electron chi connectivity index (χ1n) is 32.9. The highest BCUT2D eigenvalue weighted by Gasteiger charge is 2.42. The van der Waals surface area contributed by atoms with Gasteiger partial charge in [0.05, 0.1) is 13.2 Å². The molecule has 0 aliphatic carbocycles. The van der Waals surface area contributed by atoms with Gasteiger partial charge in [-0.3, -0.25) is 62.5 Å². The molecule has 2 aliphatic rings. The molecule has 0 unspecified atom stereocenters. The minimum atomic E-state index is -1.62. The molecule has 29 nitrogen and oxygen atoms in total. The van der Waals surface area contributed by atoms with Gasteiger partial charge < -0.3 is 85.4 Å². The maximum absolute atomic E-state index is 15.0. The number of hydrogen-bond acceptors (Lipinski definition) is 14. The number of fused-ring (bicyclic) bond motifs is 1. The molecule has 5 aromatic rings. The number of nitrogens with one attached hydrogen (secondary N) is 9. The Morgan fingerprint density at radius 2 is 0.980 bits per heavy atom. The summed E-state index contributed by atoms with van der Waals surface area (Å²) in [6.45, 7) is 2.54. The Morgan fingerprint density at radius 3 is 1.47 bits per heavy atom. The maximum Gasteiger partial charge on any atom is 0.248 e. The standard InChI is InChI=1S/C69H90N16O13/c1-41(2)33-49(60(71)90)80-62(92)48(25-14-30-74-69(72)73)79-65(95)55-26-16-32-85(55)68(98)54(40-86)83-64(94)51(35-43-19-8-4-9-20-43)78-59(89)29-28-58(88)77-50(34-42-17-6-3-7-18-42)63(93)82-53(36-44-21-10-5-11-22-44)67(97)84-31-15-27-56(84)66(96)81-52(61(91)76-39-57(70)87)37-45-38-75-47-24-13-12-23-46(45)47/h3-13,17-24,38,41,48-56,75,86H,14-16,25-37,39-40H2,1-2H3,(H2,70,87)(H2,71,90)(H,76,91)(H,77,88)(H,78,89)(H,79,95)(H,80,92)(H,81,96)(H,82,93)(H,83,94)(H4,72,73,74)/t48-,49-,50-,51-,52-,53-,54-,55-,56-/m0/s1. The van der Waals surface area contributed by atoms with Crippen LogP contribution in [-0.2, 0) is 83.2 Å². The number of hydrogen-bond donors (Lipinski definition) is 14. The average molecular weight is 1350 g/mol. The van der Waals surface area contributed by atoms with Crippen LogP contribution < -0.4 is 65.5 Å². The molecule has 0 bridgehead atoms. The lowest BCUT2D eigenvalue weighted by Crippen LogP contribution is -2.59. The van der Waals surface area contributed by atoms with Crippen molar-refractivity contribution in [2.24, 2.45) is 33.8 Å². The van der Waals surface area contributed by atoms with Crippen LogP contribution in [0.4, 0.5) is 0 Å². The van der Waals surface area contributed by atoms with Crippen LogP contribution in [0.15, 0.2) is 126 Å². The van der Waals surface area contributed by atoms with Gasteiger partial charge in [-0.15, -0.1) is 0 Å². The second-order valence-corrected chi connectivity index (χ2v) is 24.9. The highest BCUT2D eigenvalue weighted by Crippen LogP contribution is 2.24. The van der Waals surface area contributed by atoms with E-state index in [4.69, 9.17) is 22.9 Å². The molecule has 2 fully saturated rings. The zero-order valence-electron chi connectivity index (χ0n) is 55.0. The molecule has 9 atom stereocenters. The molecule has 524 valence electrons. The van der Waals surface area contributed by atoms with Gasteiger partial charge in [0.15, 0.2) is 5.96 Å². The van der Waals surface area contributed by atoms with Gasteiger partial charge in [0, 0.05) is 75.3 Å². The Labute approximate surface area is 567 Å². The summed E-state index contributed by atoms with van der Waals surface area (Å²) in [6, 6.07) is 22.2. The topological polar surface area (TPSA) is 460 Å². The molecule has 4 aromatic carbocycles. The summed E-state index contributed by atoms with van der Waals surface area (Å²) in [5.74, 6) is -9.15. The molecule has 2 saturated heterocycles. The van der Waals surface area contributed by atoms with Gasteiger partial charge in [-0.2, -0.15) is 0 Å². The molecule has 98 heavy (non-hydrogen) atoms. The number of aromatic amines is 1. The number of benzene rings is 4. The predicted molar refractivity (Wildman–Crippen MR) is 363 cm³/mol. The molecule has 0 spiro atoms. The Bertz CT molecular complexity index is 3630. The van der Waals surface area contributed by atoms with Crippen molar-refractivity contribution in [3.05, 3.63) is 144 Å². The minimum absolute atomic E-state index is 0.0163. The lowest BCUT2D eigenvalue weighted by Gasteiger charge is -2.31. The molecule has 7 rings (SSSR count). The molecule has 2 aliphatic heterocycles. The second kappa shape index (κ2) is 37.0. The third-order valence-electron chi connectivity index (χ3n) is 16.9. The number of aliphatic hydroxyl groups excluding tert-OH is 1. The average Bonchev–Trinajstić information content (AvgIpc) is 1.63. The number of H-pyrrole nitrogens is 1. The number of para-hydroxylation sites is 1. The van der Waals surface area contributed by atoms with E-state index in [0.29, 0.717) is 35.1 Å². The van der Waals surface area contributed by atoms with Crippen molar-refractivity contribution in [2.45, 2.75) is 152 Å². The van der Waals surface area contributed by atoms with E-state index in [2.05, 4.69) is 52.5 Å². The summed E-state index contributed by atoms with van der Waals surface area (Å²) in [7, 11) is 0. The SMILES string of the molecule is CC(C)C[C@H](NC(=O)[C@H](CCCN=C(N)N)NC(=O)[C@@H]1CCCN1C(=O)[C@H](CO)NC(=O)[C@H](Cc1ccccc1)NC(=O)CCC(=O)N[C@@H](Cc1ccccc1)C(=O)N[C@@H](Cc1ccccc1)C(=O)N1CCC[C@H]1C(=O)N[C@@H](Cc1c[nH]c2ccccc12)C(=O)NCC(N)=O)C(N)=O. The van der Waals surface area contributed by atoms with Gasteiger partial charge in [-0.05, 0) is 79.2 Å². The summed E-state index contributed by atoms with van der Waals surface area (Å²) in [6.07, 6.45) is 2.12. The van der Waals surface area contributed by atoms with Crippen LogP contribution >= 0.6 is 0 Å². The van der Waals surface area contributed by atoms with E-state index in [1.54, 1.807) is 97.2 Å². The van der Waals surface area contributed by atoms with Crippen LogP contribution in [0.25, 0.3) is 10.9 Å². The van der Waals surface area contributed by atoms with E-state index in [0.717, 1.165) is 10.9 Å². The van der Waals surface area contributed by atoms with E-state index < -0.39 is 151 Å². The van der Waals surface area contributed by atoms with E-state index >= 15 is 0 Å². The summed E-state index contributed by atoms with van der Waals surface area (Å²) < 4.78 is 0. The number of nitrogens with two attached hydrogens (primary N) is 4. The fourth-order valence-corrected chi connectivity index (χ4v) is 12.0. The number of guanidine groups is 1. The van der Waals surface area contributed by atoms with Gasteiger partial charge in [0.2, 0.25) is 70.9 Å². The number of aliphatic hydroxyl groups is 1. The zero-order valence-corrected chi connectivity index (χ0v) is 55.0. The monoisotopic (exact) mass is 1350 g/mol. The smallest absolute Gasteiger partial charge is 0.248 e. The number of carbonyl (C=O) groups excluding carboxylic acids is 12. The van der Waals surface area contributed by atoms with E-state index in [1.807, 2.05) is 38.1 Å². The lowest BCUT2D eigenvalue weighted by molar-refractivity contribution is -0.143. The Morgan fingerprint density at radius 1 is 0.531 bits per heavy atom. The normalized spacial score (nSPS) is 16.4. The van der Waals surface area contributed by atoms with Crippen LogP contribution in [0, 0.1) is 5.92 Å². The van der Waals surface area contributed by atoms with Crippen molar-refractivity contribution in [3.63, 3.8) is 0 Å². The number of aromatic nitrogens is 1. The number of rotatable bonds is 36. The van der Waals surface area contributed by atoms with Gasteiger partial charge in [0.1, 0.15) is 54.4 Å². The highest BCUT2D eigenvalue weighted by atomic mass is 16.3. The van der Waals surface area contributed by atoms with Crippen molar-refractivity contribution < 1.29 is 62.6 Å². The van der Waals surface area contributed by atoms with Crippen LogP contribution in [0.1, 0.15) is 93.9 Å². The first-order valence-corrected chi connectivity index (χ1v) is 32.9. The molecular formula is C69H90N16O13. The molecule has 1 aromatic heterocycles. The summed E-state index contributed by atoms with van der Waals surface area (Å²) in [5.41, 5.74) is 25.3. The Kier molecular flexibility index (Phi) is 28.2. The molecule has 0 saturated carbocycles. The predicted octanol–water partition coefficient (Wildman–Crippen LogP) is -1.23. The van der Waals surface area contributed by atoms with E-state index in [1.165, 1.54) is 9.80 Å². The fraction of sp³-hybridized carbons (Fsp3) is 0.435. The Balaban J connectivity index is 1.02. The van der Waals surface area contributed by atoms with Crippen molar-refractivity contribution in [1.82, 2.24) is 57.3 Å². The first-order chi connectivity index (χ1) is 47.0. The van der Waals surface area contributed by atoms with E-state index in [9.17, 15) is 62.6 Å². The number of nitrogens with zero attached hydrogens (tertiary/aromatic N) is 3. The summed E-state index contributed by atoms with van der Waals surface area (Å²) >= 11 is 0. The minimum Gasteiger partial charge on any atom is -0.394 e. The molecule has 29 heteroatoms. The first kappa shape index (κ1) is 74.7. The summed E-state index contributed by atoms with van der Waals surface area (Å²) in [4.78, 5) is 176. The molecular weight excluding hydrogens is 1260 g/mol. The maximum atomic E-state index is 15.0. The highest BCUT2D eigenvalue weighted by molar-refractivity contribution is 5.99. The lowest BCUT2D eigenvalue weighted by atomic mass is 10.0. The molecule has 3 heterocycles.